The molecule has 4 nitrogen and oxygen atoms in total. The van der Waals surface area contributed by atoms with Crippen LogP contribution in [0.4, 0.5) is 10.1 Å². The van der Waals surface area contributed by atoms with Crippen LogP contribution in [-0.2, 0) is 4.79 Å². The Morgan fingerprint density at radius 1 is 1.38 bits per heavy atom. The zero-order valence-electron chi connectivity index (χ0n) is 12.5. The normalized spacial score (nSPS) is 23.4. The molecule has 2 atom stereocenters. The Labute approximate surface area is 124 Å². The first kappa shape index (κ1) is 14.3. The summed E-state index contributed by atoms with van der Waals surface area (Å²) in [5, 5.41) is 9.92. The summed E-state index contributed by atoms with van der Waals surface area (Å²) in [5.74, 6) is -0.0463. The highest BCUT2D eigenvalue weighted by molar-refractivity contribution is 5.79. The standard InChI is InChI=1S/C16H21FN2O2/c1-10-7-15(13(11(2)20)8-14(10)17)18-5-6-19-12(9-18)3-4-16(19)21/h7-8,11-12,20H,3-6,9H2,1-2H3. The molecule has 5 heteroatoms. The number of fused-ring (bicyclic) bond motifs is 1. The third kappa shape index (κ3) is 2.50. The van der Waals surface area contributed by atoms with Crippen LogP contribution in [0.2, 0.25) is 0 Å². The van der Waals surface area contributed by atoms with Gasteiger partial charge in [-0.2, -0.15) is 0 Å². The molecule has 0 bridgehead atoms. The Morgan fingerprint density at radius 2 is 2.14 bits per heavy atom. The number of anilines is 1. The van der Waals surface area contributed by atoms with Crippen molar-refractivity contribution in [3.63, 3.8) is 0 Å². The molecule has 2 heterocycles. The first-order valence-corrected chi connectivity index (χ1v) is 7.50. The Balaban J connectivity index is 1.90. The zero-order valence-corrected chi connectivity index (χ0v) is 12.5. The lowest BCUT2D eigenvalue weighted by Crippen LogP contribution is -2.51. The van der Waals surface area contributed by atoms with E-state index in [9.17, 15) is 14.3 Å². The molecule has 114 valence electrons. The Bertz CT molecular complexity index is 574. The number of carbonyl (C=O) groups is 1. The maximum atomic E-state index is 13.8. The molecular weight excluding hydrogens is 271 g/mol. The lowest BCUT2D eigenvalue weighted by molar-refractivity contribution is -0.129. The van der Waals surface area contributed by atoms with E-state index >= 15 is 0 Å². The molecule has 2 saturated heterocycles. The third-order valence-corrected chi connectivity index (χ3v) is 4.59. The van der Waals surface area contributed by atoms with Gasteiger partial charge in [0.15, 0.2) is 0 Å². The number of hydrogen-bond acceptors (Lipinski definition) is 3. The number of piperazine rings is 1. The summed E-state index contributed by atoms with van der Waals surface area (Å²) in [6, 6.07) is 3.49. The molecule has 2 unspecified atom stereocenters. The number of halogens is 1. The number of hydrogen-bond donors (Lipinski definition) is 1. The summed E-state index contributed by atoms with van der Waals surface area (Å²) in [6.07, 6.45) is 0.808. The van der Waals surface area contributed by atoms with Crippen molar-refractivity contribution in [2.24, 2.45) is 0 Å². The van der Waals surface area contributed by atoms with Crippen LogP contribution in [0.3, 0.4) is 0 Å². The first-order valence-electron chi connectivity index (χ1n) is 7.50. The molecule has 2 aliphatic rings. The Hall–Kier alpha value is -1.62. The Morgan fingerprint density at radius 3 is 2.86 bits per heavy atom. The lowest BCUT2D eigenvalue weighted by Gasteiger charge is -2.40. The molecule has 0 aliphatic carbocycles. The van der Waals surface area contributed by atoms with E-state index in [1.807, 2.05) is 11.0 Å². The average Bonchev–Trinajstić information content (AvgIpc) is 2.82. The van der Waals surface area contributed by atoms with Crippen LogP contribution < -0.4 is 4.90 Å². The molecule has 2 fully saturated rings. The van der Waals surface area contributed by atoms with Crippen LogP contribution in [0.25, 0.3) is 0 Å². The number of amides is 1. The number of aliphatic hydroxyl groups excluding tert-OH is 1. The molecule has 21 heavy (non-hydrogen) atoms. The summed E-state index contributed by atoms with van der Waals surface area (Å²) < 4.78 is 13.8. The van der Waals surface area contributed by atoms with E-state index in [0.29, 0.717) is 24.1 Å². The molecule has 3 rings (SSSR count). The van der Waals surface area contributed by atoms with Gasteiger partial charge in [-0.05, 0) is 38.0 Å². The van der Waals surface area contributed by atoms with Crippen molar-refractivity contribution in [2.75, 3.05) is 24.5 Å². The minimum atomic E-state index is -0.710. The van der Waals surface area contributed by atoms with Crippen molar-refractivity contribution in [1.29, 1.82) is 0 Å². The smallest absolute Gasteiger partial charge is 0.223 e. The van der Waals surface area contributed by atoms with Crippen LogP contribution in [0.5, 0.6) is 0 Å². The van der Waals surface area contributed by atoms with E-state index in [2.05, 4.69) is 4.90 Å². The molecule has 0 spiro atoms. The fourth-order valence-electron chi connectivity index (χ4n) is 3.37. The second-order valence-corrected chi connectivity index (χ2v) is 6.06. The maximum absolute atomic E-state index is 13.8. The highest BCUT2D eigenvalue weighted by atomic mass is 19.1. The van der Waals surface area contributed by atoms with Gasteiger partial charge in [0, 0.05) is 43.3 Å². The van der Waals surface area contributed by atoms with Gasteiger partial charge >= 0.3 is 0 Å². The van der Waals surface area contributed by atoms with E-state index in [-0.39, 0.29) is 17.8 Å². The summed E-state index contributed by atoms with van der Waals surface area (Å²) >= 11 is 0. The third-order valence-electron chi connectivity index (χ3n) is 4.59. The van der Waals surface area contributed by atoms with Crippen LogP contribution in [0, 0.1) is 12.7 Å². The van der Waals surface area contributed by atoms with Gasteiger partial charge < -0.3 is 14.9 Å². The fraction of sp³-hybridized carbons (Fsp3) is 0.562. The van der Waals surface area contributed by atoms with Gasteiger partial charge in [0.25, 0.3) is 0 Å². The molecule has 0 aromatic heterocycles. The SMILES string of the molecule is Cc1cc(N2CCN3C(=O)CCC3C2)c(C(C)O)cc1F. The Kier molecular flexibility index (Phi) is 3.61. The van der Waals surface area contributed by atoms with Crippen LogP contribution in [0.15, 0.2) is 12.1 Å². The van der Waals surface area contributed by atoms with Crippen molar-refractivity contribution in [1.82, 2.24) is 4.90 Å². The molecule has 2 aliphatic heterocycles. The number of aliphatic hydroxyl groups is 1. The van der Waals surface area contributed by atoms with E-state index in [0.717, 1.165) is 25.2 Å². The predicted molar refractivity (Wildman–Crippen MR) is 78.7 cm³/mol. The average molecular weight is 292 g/mol. The van der Waals surface area contributed by atoms with Crippen molar-refractivity contribution < 1.29 is 14.3 Å². The molecule has 0 saturated carbocycles. The second-order valence-electron chi connectivity index (χ2n) is 6.06. The summed E-state index contributed by atoms with van der Waals surface area (Å²) in [5.41, 5.74) is 2.10. The van der Waals surface area contributed by atoms with Crippen molar-refractivity contribution in [3.8, 4) is 0 Å². The quantitative estimate of drug-likeness (QED) is 0.906. The van der Waals surface area contributed by atoms with Gasteiger partial charge in [0.2, 0.25) is 5.91 Å². The van der Waals surface area contributed by atoms with Crippen molar-refractivity contribution in [2.45, 2.75) is 38.8 Å². The topological polar surface area (TPSA) is 43.8 Å². The number of nitrogens with zero attached hydrogens (tertiary/aromatic N) is 2. The van der Waals surface area contributed by atoms with Gasteiger partial charge in [-0.3, -0.25) is 4.79 Å². The van der Waals surface area contributed by atoms with E-state index in [4.69, 9.17) is 0 Å². The van der Waals surface area contributed by atoms with Crippen LogP contribution in [0.1, 0.15) is 37.0 Å². The molecule has 0 radical (unpaired) electrons. The van der Waals surface area contributed by atoms with Gasteiger partial charge in [-0.25, -0.2) is 4.39 Å². The van der Waals surface area contributed by atoms with Gasteiger partial charge in [0.1, 0.15) is 5.82 Å². The van der Waals surface area contributed by atoms with Crippen LogP contribution in [-0.4, -0.2) is 41.6 Å². The number of rotatable bonds is 2. The molecule has 1 aromatic carbocycles. The van der Waals surface area contributed by atoms with Gasteiger partial charge in [-0.15, -0.1) is 0 Å². The van der Waals surface area contributed by atoms with Gasteiger partial charge in [0.05, 0.1) is 6.10 Å². The zero-order chi connectivity index (χ0) is 15.1. The minimum Gasteiger partial charge on any atom is -0.389 e. The number of benzene rings is 1. The summed E-state index contributed by atoms with van der Waals surface area (Å²) in [4.78, 5) is 15.9. The molecule has 1 aromatic rings. The predicted octanol–water partition coefficient (Wildman–Crippen LogP) is 2.00. The van der Waals surface area contributed by atoms with Crippen molar-refractivity contribution in [3.05, 3.63) is 29.1 Å². The van der Waals surface area contributed by atoms with E-state index in [1.165, 1.54) is 6.07 Å². The second kappa shape index (κ2) is 5.30. The first-order chi connectivity index (χ1) is 9.97. The van der Waals surface area contributed by atoms with E-state index < -0.39 is 6.10 Å². The van der Waals surface area contributed by atoms with Crippen LogP contribution >= 0.6 is 0 Å². The highest BCUT2D eigenvalue weighted by Gasteiger charge is 2.36. The summed E-state index contributed by atoms with van der Waals surface area (Å²) in [6.45, 7) is 5.59. The summed E-state index contributed by atoms with van der Waals surface area (Å²) in [7, 11) is 0. The fourth-order valence-corrected chi connectivity index (χ4v) is 3.37. The van der Waals surface area contributed by atoms with Crippen molar-refractivity contribution >= 4 is 11.6 Å². The minimum absolute atomic E-state index is 0.241. The number of aryl methyl sites for hydroxylation is 1. The van der Waals surface area contributed by atoms with Gasteiger partial charge in [-0.1, -0.05) is 0 Å². The monoisotopic (exact) mass is 292 g/mol. The molecule has 1 amide bonds. The van der Waals surface area contributed by atoms with E-state index in [1.54, 1.807) is 13.8 Å². The molecular formula is C16H21FN2O2. The highest BCUT2D eigenvalue weighted by Crippen LogP contribution is 2.32. The largest absolute Gasteiger partial charge is 0.389 e. The lowest BCUT2D eigenvalue weighted by atomic mass is 10.0. The number of carbonyl (C=O) groups excluding carboxylic acids is 1. The molecule has 1 N–H and O–H groups in total. The maximum Gasteiger partial charge on any atom is 0.223 e.